The maximum Gasteiger partial charge on any atom is 0.307 e. The summed E-state index contributed by atoms with van der Waals surface area (Å²) in [6, 6.07) is 3.66. The summed E-state index contributed by atoms with van der Waals surface area (Å²) >= 11 is 0. The van der Waals surface area contributed by atoms with Crippen molar-refractivity contribution in [3.63, 3.8) is 0 Å². The summed E-state index contributed by atoms with van der Waals surface area (Å²) in [5, 5.41) is 18.5. The molecule has 4 nitrogen and oxygen atoms in total. The normalized spacial score (nSPS) is 14.5. The highest BCUT2D eigenvalue weighted by Gasteiger charge is 2.20. The molecule has 1 aromatic rings. The maximum absolute atomic E-state index is 12.9. The Kier molecular flexibility index (Phi) is 4.67. The zero-order valence-electron chi connectivity index (χ0n) is 10.7. The summed E-state index contributed by atoms with van der Waals surface area (Å²) in [4.78, 5) is 12.6. The number of carboxylic acids is 1. The molecule has 0 bridgehead atoms. The van der Waals surface area contributed by atoms with Gasteiger partial charge in [0, 0.05) is 24.2 Å². The Hall–Kier alpha value is -1.62. The Morgan fingerprint density at radius 3 is 2.56 bits per heavy atom. The molecule has 1 rings (SSSR count). The van der Waals surface area contributed by atoms with E-state index in [1.807, 2.05) is 11.8 Å². The van der Waals surface area contributed by atoms with Gasteiger partial charge in [-0.1, -0.05) is 13.0 Å². The van der Waals surface area contributed by atoms with E-state index < -0.39 is 17.7 Å². The molecular formula is C13H18FNO3. The van der Waals surface area contributed by atoms with E-state index in [9.17, 15) is 14.3 Å². The molecule has 0 saturated heterocycles. The van der Waals surface area contributed by atoms with Crippen LogP contribution in [0.3, 0.4) is 0 Å². The van der Waals surface area contributed by atoms with Crippen LogP contribution in [0.5, 0.6) is 5.75 Å². The molecule has 0 aliphatic rings. The minimum Gasteiger partial charge on any atom is -0.508 e. The lowest BCUT2D eigenvalue weighted by Gasteiger charge is -2.27. The van der Waals surface area contributed by atoms with Crippen LogP contribution in [0.25, 0.3) is 0 Å². The smallest absolute Gasteiger partial charge is 0.307 e. The molecule has 0 saturated carbocycles. The standard InChI is InChI=1S/C13H18FNO3/c1-8(13(17)18)7-15(3)9(2)11-5-4-10(14)6-12(11)16/h4-6,8-9,16H,7H2,1-3H3,(H,17,18). The number of hydrogen-bond acceptors (Lipinski definition) is 3. The summed E-state index contributed by atoms with van der Waals surface area (Å²) in [5.41, 5.74) is 0.580. The molecule has 0 heterocycles. The second kappa shape index (κ2) is 5.82. The monoisotopic (exact) mass is 255 g/mol. The minimum absolute atomic E-state index is 0.114. The van der Waals surface area contributed by atoms with Gasteiger partial charge in [0.25, 0.3) is 0 Å². The Morgan fingerprint density at radius 1 is 1.44 bits per heavy atom. The predicted molar refractivity (Wildman–Crippen MR) is 65.9 cm³/mol. The van der Waals surface area contributed by atoms with Crippen LogP contribution in [-0.2, 0) is 4.79 Å². The lowest BCUT2D eigenvalue weighted by molar-refractivity contribution is -0.141. The molecule has 0 spiro atoms. The quantitative estimate of drug-likeness (QED) is 0.847. The lowest BCUT2D eigenvalue weighted by Crippen LogP contribution is -2.30. The number of benzene rings is 1. The van der Waals surface area contributed by atoms with Crippen LogP contribution in [-0.4, -0.2) is 34.7 Å². The van der Waals surface area contributed by atoms with Crippen molar-refractivity contribution >= 4 is 5.97 Å². The van der Waals surface area contributed by atoms with Crippen molar-refractivity contribution in [2.45, 2.75) is 19.9 Å². The third-order valence-electron chi connectivity index (χ3n) is 3.09. The van der Waals surface area contributed by atoms with Crippen LogP contribution in [0.15, 0.2) is 18.2 Å². The van der Waals surface area contributed by atoms with Gasteiger partial charge < -0.3 is 10.2 Å². The number of aliphatic carboxylic acids is 1. The van der Waals surface area contributed by atoms with E-state index >= 15 is 0 Å². The van der Waals surface area contributed by atoms with Gasteiger partial charge >= 0.3 is 5.97 Å². The number of halogens is 1. The molecule has 18 heavy (non-hydrogen) atoms. The average Bonchev–Trinajstić information content (AvgIpc) is 2.27. The molecule has 0 fully saturated rings. The van der Waals surface area contributed by atoms with Crippen molar-refractivity contribution in [3.05, 3.63) is 29.6 Å². The van der Waals surface area contributed by atoms with Crippen molar-refractivity contribution in [3.8, 4) is 5.75 Å². The van der Waals surface area contributed by atoms with E-state index in [-0.39, 0.29) is 11.8 Å². The summed E-state index contributed by atoms with van der Waals surface area (Å²) in [5.74, 6) is -1.97. The number of aromatic hydroxyl groups is 1. The van der Waals surface area contributed by atoms with Crippen LogP contribution in [0.1, 0.15) is 25.5 Å². The molecule has 5 heteroatoms. The molecule has 2 atom stereocenters. The van der Waals surface area contributed by atoms with Gasteiger partial charge in [0.1, 0.15) is 11.6 Å². The zero-order valence-corrected chi connectivity index (χ0v) is 10.7. The molecule has 0 aliphatic heterocycles. The maximum atomic E-state index is 12.9. The summed E-state index contributed by atoms with van der Waals surface area (Å²) < 4.78 is 12.9. The number of carbonyl (C=O) groups is 1. The molecule has 2 N–H and O–H groups in total. The first-order chi connectivity index (χ1) is 8.32. The first kappa shape index (κ1) is 14.4. The third-order valence-corrected chi connectivity index (χ3v) is 3.09. The number of phenols is 1. The van der Waals surface area contributed by atoms with Crippen molar-refractivity contribution in [1.82, 2.24) is 4.90 Å². The van der Waals surface area contributed by atoms with Gasteiger partial charge in [-0.15, -0.1) is 0 Å². The minimum atomic E-state index is -0.864. The molecule has 2 unspecified atom stereocenters. The van der Waals surface area contributed by atoms with Gasteiger partial charge in [0.05, 0.1) is 5.92 Å². The van der Waals surface area contributed by atoms with E-state index in [0.717, 1.165) is 6.07 Å². The fourth-order valence-corrected chi connectivity index (χ4v) is 1.78. The molecular weight excluding hydrogens is 237 g/mol. The lowest BCUT2D eigenvalue weighted by atomic mass is 10.0. The molecule has 0 radical (unpaired) electrons. The van der Waals surface area contributed by atoms with Crippen molar-refractivity contribution in [1.29, 1.82) is 0 Å². The highest BCUT2D eigenvalue weighted by Crippen LogP contribution is 2.28. The van der Waals surface area contributed by atoms with Crippen LogP contribution >= 0.6 is 0 Å². The topological polar surface area (TPSA) is 60.8 Å². The fourth-order valence-electron chi connectivity index (χ4n) is 1.78. The van der Waals surface area contributed by atoms with E-state index in [2.05, 4.69) is 0 Å². The molecule has 0 amide bonds. The molecule has 100 valence electrons. The molecule has 0 aromatic heterocycles. The largest absolute Gasteiger partial charge is 0.508 e. The van der Waals surface area contributed by atoms with Gasteiger partial charge in [0.15, 0.2) is 0 Å². The van der Waals surface area contributed by atoms with E-state index in [1.165, 1.54) is 12.1 Å². The van der Waals surface area contributed by atoms with Crippen LogP contribution in [0.2, 0.25) is 0 Å². The summed E-state index contributed by atoms with van der Waals surface area (Å²) in [6.45, 7) is 3.81. The Balaban J connectivity index is 2.80. The summed E-state index contributed by atoms with van der Waals surface area (Å²) in [6.07, 6.45) is 0. The second-order valence-electron chi connectivity index (χ2n) is 4.56. The van der Waals surface area contributed by atoms with Crippen LogP contribution < -0.4 is 0 Å². The Labute approximate surface area is 106 Å². The first-order valence-corrected chi connectivity index (χ1v) is 5.74. The number of rotatable bonds is 5. The SMILES string of the molecule is CC(CN(C)C(C)c1ccc(F)cc1O)C(=O)O. The highest BCUT2D eigenvalue weighted by molar-refractivity contribution is 5.69. The van der Waals surface area contributed by atoms with Gasteiger partial charge in [-0.2, -0.15) is 0 Å². The van der Waals surface area contributed by atoms with Gasteiger partial charge in [-0.3, -0.25) is 9.69 Å². The van der Waals surface area contributed by atoms with Crippen molar-refractivity contribution in [2.75, 3.05) is 13.6 Å². The first-order valence-electron chi connectivity index (χ1n) is 5.74. The average molecular weight is 255 g/mol. The molecule has 1 aromatic carbocycles. The number of carboxylic acid groups (broad SMARTS) is 1. The van der Waals surface area contributed by atoms with Gasteiger partial charge in [0.2, 0.25) is 0 Å². The second-order valence-corrected chi connectivity index (χ2v) is 4.56. The van der Waals surface area contributed by atoms with Crippen LogP contribution in [0, 0.1) is 11.7 Å². The van der Waals surface area contributed by atoms with Gasteiger partial charge in [-0.05, 0) is 20.0 Å². The number of hydrogen-bond donors (Lipinski definition) is 2. The van der Waals surface area contributed by atoms with E-state index in [0.29, 0.717) is 12.1 Å². The highest BCUT2D eigenvalue weighted by atomic mass is 19.1. The predicted octanol–water partition coefficient (Wildman–Crippen LogP) is 2.24. The number of nitrogens with zero attached hydrogens (tertiary/aromatic N) is 1. The van der Waals surface area contributed by atoms with Crippen molar-refractivity contribution < 1.29 is 19.4 Å². The molecule has 0 aliphatic carbocycles. The number of phenolic OH excluding ortho intramolecular Hbond substituents is 1. The summed E-state index contributed by atoms with van der Waals surface area (Å²) in [7, 11) is 1.77. The van der Waals surface area contributed by atoms with E-state index in [4.69, 9.17) is 5.11 Å². The van der Waals surface area contributed by atoms with Gasteiger partial charge in [-0.25, -0.2) is 4.39 Å². The van der Waals surface area contributed by atoms with Crippen LogP contribution in [0.4, 0.5) is 4.39 Å². The van der Waals surface area contributed by atoms with Crippen molar-refractivity contribution in [2.24, 2.45) is 5.92 Å². The Morgan fingerprint density at radius 2 is 2.06 bits per heavy atom. The zero-order chi connectivity index (χ0) is 13.9. The van der Waals surface area contributed by atoms with E-state index in [1.54, 1.807) is 14.0 Å². The Bertz CT molecular complexity index is 436. The third kappa shape index (κ3) is 3.43. The fraction of sp³-hybridized carbons (Fsp3) is 0.462.